The van der Waals surface area contributed by atoms with Crippen LogP contribution in [0.5, 0.6) is 11.5 Å². The third kappa shape index (κ3) is 3.93. The van der Waals surface area contributed by atoms with Gasteiger partial charge >= 0.3 is 0 Å². The van der Waals surface area contributed by atoms with Gasteiger partial charge in [0.05, 0.1) is 20.9 Å². The molecule has 2 aromatic carbocycles. The summed E-state index contributed by atoms with van der Waals surface area (Å²) in [6.07, 6.45) is 0. The van der Waals surface area contributed by atoms with E-state index in [4.69, 9.17) is 9.47 Å². The molecule has 1 amide bonds. The minimum absolute atomic E-state index is 0.0135. The molecule has 0 unspecified atom stereocenters. The SMILES string of the molecule is COc1ccc(CN2Cc3c(sc(C)c3C)N(C(=O)c3ccc(OC)cc3)C2)cc1. The summed E-state index contributed by atoms with van der Waals surface area (Å²) in [4.78, 5) is 18.9. The largest absolute Gasteiger partial charge is 0.497 e. The molecule has 0 bridgehead atoms. The van der Waals surface area contributed by atoms with Crippen molar-refractivity contribution in [2.75, 3.05) is 25.8 Å². The summed E-state index contributed by atoms with van der Waals surface area (Å²) in [5.74, 6) is 1.61. The highest BCUT2D eigenvalue weighted by molar-refractivity contribution is 7.16. The Morgan fingerprint density at radius 2 is 1.57 bits per heavy atom. The van der Waals surface area contributed by atoms with Gasteiger partial charge in [0, 0.05) is 29.1 Å². The van der Waals surface area contributed by atoms with E-state index in [0.717, 1.165) is 29.6 Å². The molecule has 0 spiro atoms. The van der Waals surface area contributed by atoms with E-state index in [9.17, 15) is 4.79 Å². The molecule has 30 heavy (non-hydrogen) atoms. The lowest BCUT2D eigenvalue weighted by atomic mass is 10.1. The van der Waals surface area contributed by atoms with Gasteiger partial charge in [-0.15, -0.1) is 11.3 Å². The molecule has 0 saturated carbocycles. The summed E-state index contributed by atoms with van der Waals surface area (Å²) in [6.45, 7) is 6.44. The van der Waals surface area contributed by atoms with Crippen LogP contribution in [0.2, 0.25) is 0 Å². The second kappa shape index (κ2) is 8.50. The van der Waals surface area contributed by atoms with Gasteiger partial charge in [0.25, 0.3) is 5.91 Å². The van der Waals surface area contributed by atoms with Crippen molar-refractivity contribution in [2.24, 2.45) is 0 Å². The molecule has 2 heterocycles. The average Bonchev–Trinajstić information content (AvgIpc) is 3.07. The number of ether oxygens (including phenoxy) is 2. The molecule has 4 rings (SSSR count). The number of methoxy groups -OCH3 is 2. The molecule has 0 aliphatic carbocycles. The van der Waals surface area contributed by atoms with E-state index >= 15 is 0 Å². The Bertz CT molecular complexity index is 1040. The zero-order valence-corrected chi connectivity index (χ0v) is 18.6. The number of nitrogens with zero attached hydrogens (tertiary/aromatic N) is 2. The second-order valence-electron chi connectivity index (χ2n) is 7.51. The highest BCUT2D eigenvalue weighted by atomic mass is 32.1. The Morgan fingerprint density at radius 1 is 0.967 bits per heavy atom. The number of thiophene rings is 1. The predicted octanol–water partition coefficient (Wildman–Crippen LogP) is 5.00. The first kappa shape index (κ1) is 20.4. The van der Waals surface area contributed by atoms with Crippen molar-refractivity contribution in [1.29, 1.82) is 0 Å². The molecule has 0 radical (unpaired) electrons. The molecule has 0 fully saturated rings. The molecule has 5 nitrogen and oxygen atoms in total. The molecule has 0 atom stereocenters. The van der Waals surface area contributed by atoms with E-state index in [2.05, 4.69) is 30.9 Å². The molecule has 6 heteroatoms. The zero-order valence-electron chi connectivity index (χ0n) is 17.8. The van der Waals surface area contributed by atoms with Crippen molar-refractivity contribution >= 4 is 22.2 Å². The predicted molar refractivity (Wildman–Crippen MR) is 121 cm³/mol. The van der Waals surface area contributed by atoms with Gasteiger partial charge in [0.15, 0.2) is 0 Å². The zero-order chi connectivity index (χ0) is 21.3. The fraction of sp³-hybridized carbons (Fsp3) is 0.292. The Morgan fingerprint density at radius 3 is 2.17 bits per heavy atom. The van der Waals surface area contributed by atoms with Crippen molar-refractivity contribution in [3.05, 3.63) is 75.7 Å². The Labute approximate surface area is 181 Å². The van der Waals surface area contributed by atoms with Crippen molar-refractivity contribution in [3.8, 4) is 11.5 Å². The Hall–Kier alpha value is -2.83. The summed E-state index contributed by atoms with van der Waals surface area (Å²) in [5, 5.41) is 1.07. The van der Waals surface area contributed by atoms with Crippen LogP contribution in [-0.2, 0) is 13.1 Å². The molecule has 1 aromatic heterocycles. The molecule has 3 aromatic rings. The van der Waals surface area contributed by atoms with Crippen LogP contribution in [0, 0.1) is 13.8 Å². The molecule has 0 N–H and O–H groups in total. The van der Waals surface area contributed by atoms with Gasteiger partial charge in [-0.25, -0.2) is 0 Å². The smallest absolute Gasteiger partial charge is 0.260 e. The van der Waals surface area contributed by atoms with E-state index in [1.165, 1.54) is 21.6 Å². The normalized spacial score (nSPS) is 13.8. The average molecular weight is 423 g/mol. The number of amides is 1. The summed E-state index contributed by atoms with van der Waals surface area (Å²) in [5.41, 5.74) is 4.39. The van der Waals surface area contributed by atoms with Crippen LogP contribution in [-0.4, -0.2) is 31.7 Å². The van der Waals surface area contributed by atoms with E-state index in [0.29, 0.717) is 12.2 Å². The van der Waals surface area contributed by atoms with Crippen LogP contribution in [0.3, 0.4) is 0 Å². The summed E-state index contributed by atoms with van der Waals surface area (Å²) in [6, 6.07) is 15.4. The van der Waals surface area contributed by atoms with Gasteiger partial charge in [-0.3, -0.25) is 14.6 Å². The lowest BCUT2D eigenvalue weighted by Crippen LogP contribution is -2.44. The van der Waals surface area contributed by atoms with Crippen LogP contribution in [0.4, 0.5) is 5.00 Å². The lowest BCUT2D eigenvalue weighted by Gasteiger charge is -2.35. The number of aryl methyl sites for hydroxylation is 1. The summed E-state index contributed by atoms with van der Waals surface area (Å²) in [7, 11) is 3.30. The summed E-state index contributed by atoms with van der Waals surface area (Å²) < 4.78 is 10.5. The number of carbonyl (C=O) groups is 1. The third-order valence-corrected chi connectivity index (χ3v) is 6.88. The van der Waals surface area contributed by atoms with Crippen LogP contribution in [0.25, 0.3) is 0 Å². The van der Waals surface area contributed by atoms with Crippen molar-refractivity contribution < 1.29 is 14.3 Å². The van der Waals surface area contributed by atoms with Gasteiger partial charge < -0.3 is 9.47 Å². The maximum atomic E-state index is 13.4. The Balaban J connectivity index is 1.62. The molecule has 1 aliphatic rings. The quantitative estimate of drug-likeness (QED) is 0.580. The number of anilines is 1. The van der Waals surface area contributed by atoms with Crippen LogP contribution in [0.15, 0.2) is 48.5 Å². The third-order valence-electron chi connectivity index (χ3n) is 5.60. The van der Waals surface area contributed by atoms with Gasteiger partial charge in [-0.2, -0.15) is 0 Å². The van der Waals surface area contributed by atoms with Gasteiger partial charge in [0.1, 0.15) is 16.5 Å². The number of rotatable bonds is 5. The first-order chi connectivity index (χ1) is 14.5. The number of hydrogen-bond acceptors (Lipinski definition) is 5. The summed E-state index contributed by atoms with van der Waals surface area (Å²) >= 11 is 1.71. The molecular weight excluding hydrogens is 396 g/mol. The topological polar surface area (TPSA) is 42.0 Å². The maximum Gasteiger partial charge on any atom is 0.260 e. The molecule has 0 saturated heterocycles. The first-order valence-electron chi connectivity index (χ1n) is 9.90. The van der Waals surface area contributed by atoms with Crippen LogP contribution >= 0.6 is 11.3 Å². The monoisotopic (exact) mass is 422 g/mol. The minimum Gasteiger partial charge on any atom is -0.497 e. The molecule has 156 valence electrons. The fourth-order valence-corrected chi connectivity index (χ4v) is 4.90. The number of hydrogen-bond donors (Lipinski definition) is 0. The lowest BCUT2D eigenvalue weighted by molar-refractivity contribution is 0.0957. The van der Waals surface area contributed by atoms with Gasteiger partial charge in [-0.05, 0) is 61.4 Å². The first-order valence-corrected chi connectivity index (χ1v) is 10.7. The molecule has 1 aliphatic heterocycles. The van der Waals surface area contributed by atoms with Crippen LogP contribution in [0.1, 0.15) is 31.9 Å². The van der Waals surface area contributed by atoms with E-state index in [-0.39, 0.29) is 5.91 Å². The number of carbonyl (C=O) groups excluding carboxylic acids is 1. The van der Waals surface area contributed by atoms with Crippen molar-refractivity contribution in [3.63, 3.8) is 0 Å². The van der Waals surface area contributed by atoms with Crippen molar-refractivity contribution in [1.82, 2.24) is 4.90 Å². The second-order valence-corrected chi connectivity index (χ2v) is 8.71. The van der Waals surface area contributed by atoms with Gasteiger partial charge in [0.2, 0.25) is 0 Å². The maximum absolute atomic E-state index is 13.4. The minimum atomic E-state index is 0.0135. The molecular formula is C24H26N2O3S. The van der Waals surface area contributed by atoms with E-state index in [1.807, 2.05) is 41.3 Å². The number of fused-ring (bicyclic) bond motifs is 1. The van der Waals surface area contributed by atoms with E-state index < -0.39 is 0 Å². The van der Waals surface area contributed by atoms with Gasteiger partial charge in [-0.1, -0.05) is 12.1 Å². The Kier molecular flexibility index (Phi) is 5.79. The highest BCUT2D eigenvalue weighted by Crippen LogP contribution is 2.40. The number of benzene rings is 2. The van der Waals surface area contributed by atoms with Crippen molar-refractivity contribution in [2.45, 2.75) is 26.9 Å². The van der Waals surface area contributed by atoms with E-state index in [1.54, 1.807) is 25.6 Å². The highest BCUT2D eigenvalue weighted by Gasteiger charge is 2.31. The standard InChI is InChI=1S/C24H26N2O3S/c1-16-17(2)30-24-22(16)14-25(13-18-5-9-20(28-3)10-6-18)15-26(24)23(27)19-7-11-21(29-4)12-8-19/h5-12H,13-15H2,1-4H3. The van der Waals surface area contributed by atoms with Crippen LogP contribution < -0.4 is 14.4 Å². The fourth-order valence-electron chi connectivity index (χ4n) is 3.74.